The molecule has 0 aromatic heterocycles. The van der Waals surface area contributed by atoms with E-state index in [9.17, 15) is 26.3 Å². The van der Waals surface area contributed by atoms with Crippen LogP contribution in [0.4, 0.5) is 26.3 Å². The maximum atomic E-state index is 12.6. The van der Waals surface area contributed by atoms with E-state index >= 15 is 0 Å². The lowest BCUT2D eigenvalue weighted by molar-refractivity contribution is -0.143. The van der Waals surface area contributed by atoms with E-state index in [0.717, 1.165) is 0 Å². The van der Waals surface area contributed by atoms with Crippen molar-refractivity contribution in [2.75, 3.05) is 6.61 Å². The summed E-state index contributed by atoms with van der Waals surface area (Å²) in [6.07, 6.45) is -9.20. The highest BCUT2D eigenvalue weighted by atomic mass is 19.4. The van der Waals surface area contributed by atoms with Crippen molar-refractivity contribution in [1.82, 2.24) is 5.32 Å². The van der Waals surface area contributed by atoms with Crippen molar-refractivity contribution in [3.8, 4) is 0 Å². The quantitative estimate of drug-likeness (QED) is 0.814. The lowest BCUT2D eigenvalue weighted by atomic mass is 10.0. The highest BCUT2D eigenvalue weighted by molar-refractivity contribution is 5.33. The van der Waals surface area contributed by atoms with Gasteiger partial charge < -0.3 is 10.4 Å². The summed E-state index contributed by atoms with van der Waals surface area (Å²) in [5.74, 6) is 0. The molecule has 120 valence electrons. The van der Waals surface area contributed by atoms with Crippen LogP contribution in [-0.4, -0.2) is 17.8 Å². The van der Waals surface area contributed by atoms with Crippen LogP contribution in [0.2, 0.25) is 0 Å². The zero-order valence-electron chi connectivity index (χ0n) is 11.1. The number of hydrogen-bond donors (Lipinski definition) is 2. The zero-order valence-corrected chi connectivity index (χ0v) is 11.1. The molecule has 0 bridgehead atoms. The number of alkyl halides is 6. The zero-order chi connectivity index (χ0) is 16.3. The summed E-state index contributed by atoms with van der Waals surface area (Å²) in [6, 6.07) is 1.06. The monoisotopic (exact) mass is 315 g/mol. The first kappa shape index (κ1) is 17.8. The fraction of sp³-hybridized carbons (Fsp3) is 0.538. The van der Waals surface area contributed by atoms with Crippen LogP contribution in [0.25, 0.3) is 0 Å². The summed E-state index contributed by atoms with van der Waals surface area (Å²) in [5.41, 5.74) is -2.82. The van der Waals surface area contributed by atoms with E-state index in [1.54, 1.807) is 6.92 Å². The first-order chi connectivity index (χ1) is 9.57. The van der Waals surface area contributed by atoms with Gasteiger partial charge in [0.2, 0.25) is 0 Å². The Morgan fingerprint density at radius 1 is 1.00 bits per heavy atom. The maximum absolute atomic E-state index is 12.6. The van der Waals surface area contributed by atoms with Gasteiger partial charge in [-0.1, -0.05) is 6.92 Å². The normalized spacial score (nSPS) is 14.3. The van der Waals surface area contributed by atoms with Gasteiger partial charge in [-0.05, 0) is 30.2 Å². The number of nitrogens with one attached hydrogen (secondary N) is 1. The molecule has 0 radical (unpaired) electrons. The molecule has 0 saturated heterocycles. The average Bonchev–Trinajstić information content (AvgIpc) is 2.37. The fourth-order valence-corrected chi connectivity index (χ4v) is 1.72. The molecular weight excluding hydrogens is 300 g/mol. The molecule has 2 nitrogen and oxygen atoms in total. The summed E-state index contributed by atoms with van der Waals surface area (Å²) in [5, 5.41) is 11.7. The second kappa shape index (κ2) is 6.65. The number of benzene rings is 1. The summed E-state index contributed by atoms with van der Waals surface area (Å²) < 4.78 is 75.8. The Morgan fingerprint density at radius 2 is 1.48 bits per heavy atom. The van der Waals surface area contributed by atoms with Gasteiger partial charge >= 0.3 is 12.4 Å². The number of aliphatic hydroxyl groups excluding tert-OH is 1. The molecule has 1 atom stereocenters. The Kier molecular flexibility index (Phi) is 5.63. The Hall–Kier alpha value is -1.28. The predicted octanol–water partition coefficient (Wildman–Crippen LogP) is 3.58. The van der Waals surface area contributed by atoms with Gasteiger partial charge in [0.1, 0.15) is 0 Å². The Bertz CT molecular complexity index is 432. The molecule has 0 amide bonds. The standard InChI is InChI=1S/C13H15F6NO/c1-2-11(7-21)20-6-8-3-9(12(14,15)16)5-10(4-8)13(17,18)19/h3-5,11,20-21H,2,6-7H2,1H3. The lowest BCUT2D eigenvalue weighted by Gasteiger charge is -2.17. The molecule has 0 spiro atoms. The maximum Gasteiger partial charge on any atom is 0.416 e. The lowest BCUT2D eigenvalue weighted by Crippen LogP contribution is -2.31. The molecule has 21 heavy (non-hydrogen) atoms. The van der Waals surface area contributed by atoms with Gasteiger partial charge in [-0.3, -0.25) is 0 Å². The molecule has 0 aliphatic rings. The minimum absolute atomic E-state index is 0.0901. The SMILES string of the molecule is CCC(CO)NCc1cc(C(F)(F)F)cc(C(F)(F)F)c1. The van der Waals surface area contributed by atoms with Gasteiger partial charge in [0.15, 0.2) is 0 Å². The smallest absolute Gasteiger partial charge is 0.395 e. The van der Waals surface area contributed by atoms with Crippen molar-refractivity contribution in [1.29, 1.82) is 0 Å². The van der Waals surface area contributed by atoms with E-state index < -0.39 is 23.5 Å². The largest absolute Gasteiger partial charge is 0.416 e. The Balaban J connectivity index is 3.08. The Labute approximate surface area is 117 Å². The van der Waals surface area contributed by atoms with Crippen LogP contribution < -0.4 is 5.32 Å². The third kappa shape index (κ3) is 5.20. The molecule has 0 heterocycles. The van der Waals surface area contributed by atoms with Gasteiger partial charge in [0.05, 0.1) is 17.7 Å². The number of rotatable bonds is 5. The highest BCUT2D eigenvalue weighted by Crippen LogP contribution is 2.36. The molecule has 0 saturated carbocycles. The Morgan fingerprint density at radius 3 is 1.81 bits per heavy atom. The summed E-state index contributed by atoms with van der Waals surface area (Å²) in [6.45, 7) is 1.30. The second-order valence-corrected chi connectivity index (χ2v) is 4.58. The molecule has 0 fully saturated rings. The van der Waals surface area contributed by atoms with E-state index in [4.69, 9.17) is 5.11 Å². The summed E-state index contributed by atoms with van der Waals surface area (Å²) in [4.78, 5) is 0. The first-order valence-electron chi connectivity index (χ1n) is 6.20. The van der Waals surface area contributed by atoms with Gasteiger partial charge in [-0.2, -0.15) is 26.3 Å². The topological polar surface area (TPSA) is 32.3 Å². The van der Waals surface area contributed by atoms with Crippen molar-refractivity contribution < 1.29 is 31.4 Å². The molecule has 1 unspecified atom stereocenters. The van der Waals surface area contributed by atoms with E-state index in [-0.39, 0.29) is 30.8 Å². The summed E-state index contributed by atoms with van der Waals surface area (Å²) >= 11 is 0. The van der Waals surface area contributed by atoms with Crippen LogP contribution >= 0.6 is 0 Å². The van der Waals surface area contributed by atoms with E-state index in [1.807, 2.05) is 0 Å². The van der Waals surface area contributed by atoms with Crippen LogP contribution in [0.1, 0.15) is 30.0 Å². The van der Waals surface area contributed by atoms with Crippen LogP contribution in [0.5, 0.6) is 0 Å². The average molecular weight is 315 g/mol. The second-order valence-electron chi connectivity index (χ2n) is 4.58. The molecule has 1 aromatic carbocycles. The van der Waals surface area contributed by atoms with Crippen molar-refractivity contribution >= 4 is 0 Å². The van der Waals surface area contributed by atoms with Crippen LogP contribution in [0.3, 0.4) is 0 Å². The molecular formula is C13H15F6NO. The third-order valence-corrected chi connectivity index (χ3v) is 2.96. The van der Waals surface area contributed by atoms with Crippen molar-refractivity contribution in [3.05, 3.63) is 34.9 Å². The van der Waals surface area contributed by atoms with Crippen molar-refractivity contribution in [2.24, 2.45) is 0 Å². The van der Waals surface area contributed by atoms with Crippen LogP contribution in [0, 0.1) is 0 Å². The molecule has 1 rings (SSSR count). The molecule has 0 aliphatic heterocycles. The van der Waals surface area contributed by atoms with E-state index in [2.05, 4.69) is 5.32 Å². The number of aliphatic hydroxyl groups is 1. The molecule has 2 N–H and O–H groups in total. The van der Waals surface area contributed by atoms with Gasteiger partial charge in [0.25, 0.3) is 0 Å². The van der Waals surface area contributed by atoms with Crippen LogP contribution in [0.15, 0.2) is 18.2 Å². The van der Waals surface area contributed by atoms with Gasteiger partial charge in [-0.15, -0.1) is 0 Å². The van der Waals surface area contributed by atoms with Crippen molar-refractivity contribution in [3.63, 3.8) is 0 Å². The predicted molar refractivity (Wildman–Crippen MR) is 64.5 cm³/mol. The minimum Gasteiger partial charge on any atom is -0.395 e. The van der Waals surface area contributed by atoms with Crippen LogP contribution in [-0.2, 0) is 18.9 Å². The van der Waals surface area contributed by atoms with E-state index in [0.29, 0.717) is 18.6 Å². The molecule has 1 aromatic rings. The molecule has 0 aliphatic carbocycles. The molecule has 8 heteroatoms. The number of hydrogen-bond acceptors (Lipinski definition) is 2. The van der Waals surface area contributed by atoms with E-state index in [1.165, 1.54) is 0 Å². The summed E-state index contributed by atoms with van der Waals surface area (Å²) in [7, 11) is 0. The third-order valence-electron chi connectivity index (χ3n) is 2.96. The van der Waals surface area contributed by atoms with Crippen molar-refractivity contribution in [2.45, 2.75) is 38.3 Å². The first-order valence-corrected chi connectivity index (χ1v) is 6.20. The van der Waals surface area contributed by atoms with Gasteiger partial charge in [-0.25, -0.2) is 0 Å². The fourth-order valence-electron chi connectivity index (χ4n) is 1.72. The number of halogens is 6. The minimum atomic E-state index is -4.85. The van der Waals surface area contributed by atoms with Gasteiger partial charge in [0, 0.05) is 12.6 Å². The highest BCUT2D eigenvalue weighted by Gasteiger charge is 2.36.